The number of carbonyl (C=O) groups excluding carboxylic acids is 1. The van der Waals surface area contributed by atoms with Gasteiger partial charge in [-0.25, -0.2) is 0 Å². The van der Waals surface area contributed by atoms with Crippen molar-refractivity contribution in [2.24, 2.45) is 0 Å². The van der Waals surface area contributed by atoms with Gasteiger partial charge in [0.1, 0.15) is 73.2 Å². The van der Waals surface area contributed by atoms with Gasteiger partial charge < -0.3 is 89.9 Å². The molecule has 0 saturated carbocycles. The van der Waals surface area contributed by atoms with E-state index in [-0.39, 0.29) is 18.9 Å². The zero-order valence-corrected chi connectivity index (χ0v) is 50.7. The number of aliphatic hydroxyl groups is 11. The summed E-state index contributed by atoms with van der Waals surface area (Å²) in [6, 6.07) is -0.888. The van der Waals surface area contributed by atoms with Crippen molar-refractivity contribution in [1.29, 1.82) is 0 Å². The molecular formula is C63H119NO18. The highest BCUT2D eigenvalue weighted by atomic mass is 16.8. The first-order valence-electron chi connectivity index (χ1n) is 32.9. The monoisotopic (exact) mass is 1180 g/mol. The van der Waals surface area contributed by atoms with Crippen molar-refractivity contribution in [3.05, 3.63) is 12.2 Å². The molecule has 3 fully saturated rings. The fourth-order valence-electron chi connectivity index (χ4n) is 11.4. The Kier molecular flexibility index (Phi) is 42.5. The summed E-state index contributed by atoms with van der Waals surface area (Å²) in [6.07, 6.45) is 21.5. The van der Waals surface area contributed by atoms with Crippen LogP contribution in [0.1, 0.15) is 251 Å². The van der Waals surface area contributed by atoms with Crippen LogP contribution in [-0.4, -0.2) is 193 Å². The molecule has 484 valence electrons. The summed E-state index contributed by atoms with van der Waals surface area (Å²) in [7, 11) is 0. The maximum atomic E-state index is 13.4. The molecule has 0 aliphatic carbocycles. The average Bonchev–Trinajstić information content (AvgIpc) is 3.40. The van der Waals surface area contributed by atoms with Gasteiger partial charge in [0.2, 0.25) is 5.91 Å². The second-order valence-electron chi connectivity index (χ2n) is 23.9. The van der Waals surface area contributed by atoms with E-state index >= 15 is 0 Å². The molecule has 3 saturated heterocycles. The van der Waals surface area contributed by atoms with Gasteiger partial charge in [-0.1, -0.05) is 219 Å². The largest absolute Gasteiger partial charge is 0.394 e. The number of carbonyl (C=O) groups is 1. The molecule has 1 amide bonds. The molecule has 19 heteroatoms. The van der Waals surface area contributed by atoms with E-state index in [1.165, 1.54) is 154 Å². The molecule has 17 atom stereocenters. The van der Waals surface area contributed by atoms with Crippen molar-refractivity contribution >= 4 is 5.91 Å². The molecule has 17 unspecified atom stereocenters. The number of ether oxygens (including phenoxy) is 6. The minimum atomic E-state index is -1.97. The van der Waals surface area contributed by atoms with Crippen LogP contribution >= 0.6 is 0 Å². The Morgan fingerprint density at radius 3 is 1.18 bits per heavy atom. The molecule has 82 heavy (non-hydrogen) atoms. The molecule has 0 spiro atoms. The van der Waals surface area contributed by atoms with Crippen molar-refractivity contribution in [3.8, 4) is 0 Å². The van der Waals surface area contributed by atoms with Crippen molar-refractivity contribution in [2.45, 2.75) is 356 Å². The van der Waals surface area contributed by atoms with E-state index in [9.17, 15) is 61.0 Å². The Morgan fingerprint density at radius 2 is 0.768 bits per heavy atom. The maximum absolute atomic E-state index is 13.4. The summed E-state index contributed by atoms with van der Waals surface area (Å²) >= 11 is 0. The lowest BCUT2D eigenvalue weighted by Gasteiger charge is -2.48. The van der Waals surface area contributed by atoms with E-state index in [0.717, 1.165) is 64.2 Å². The summed E-state index contributed by atoms with van der Waals surface area (Å²) in [5, 5.41) is 120. The number of rotatable bonds is 50. The lowest BCUT2D eigenvalue weighted by molar-refractivity contribution is -0.379. The summed E-state index contributed by atoms with van der Waals surface area (Å²) in [6.45, 7) is 1.80. The minimum Gasteiger partial charge on any atom is -0.394 e. The average molecular weight is 1180 g/mol. The van der Waals surface area contributed by atoms with Crippen molar-refractivity contribution in [1.82, 2.24) is 5.32 Å². The van der Waals surface area contributed by atoms with Crippen LogP contribution in [0.5, 0.6) is 0 Å². The predicted molar refractivity (Wildman–Crippen MR) is 314 cm³/mol. The number of unbranched alkanes of at least 4 members (excludes halogenated alkanes) is 32. The highest BCUT2D eigenvalue weighted by molar-refractivity contribution is 5.76. The van der Waals surface area contributed by atoms with Crippen LogP contribution < -0.4 is 5.32 Å². The third-order valence-electron chi connectivity index (χ3n) is 16.8. The summed E-state index contributed by atoms with van der Waals surface area (Å²) in [5.74, 6) is -0.249. The van der Waals surface area contributed by atoms with E-state index in [2.05, 4.69) is 31.3 Å². The maximum Gasteiger partial charge on any atom is 0.220 e. The van der Waals surface area contributed by atoms with E-state index in [1.807, 2.05) is 0 Å². The molecule has 0 bridgehead atoms. The number of hydrogen-bond donors (Lipinski definition) is 12. The second kappa shape index (κ2) is 46.7. The van der Waals surface area contributed by atoms with Gasteiger partial charge in [0.05, 0.1) is 38.6 Å². The standard InChI is InChI=1S/C63H119NO18/c1-3-5-7-9-11-13-15-17-19-20-21-22-23-24-25-27-28-30-32-34-36-38-40-47(68)46(64-51(69)41-39-37-35-33-31-29-26-18-16-14-12-10-8-6-4-2)45-77-61-57(75)54(72)59(49(43-66)79-61)82-63-58(76)55(73)60(50(44-67)80-63)81-62-56(74)53(71)52(70)48(42-65)78-62/h18,26,46-50,52-63,65-68,70-76H,3-17,19-25,27-45H2,1-2H3,(H,64,69)/b26-18-. The van der Waals surface area contributed by atoms with E-state index in [1.54, 1.807) is 0 Å². The van der Waals surface area contributed by atoms with Crippen LogP contribution in [-0.2, 0) is 33.2 Å². The highest BCUT2D eigenvalue weighted by Gasteiger charge is 2.53. The summed E-state index contributed by atoms with van der Waals surface area (Å²) in [5.41, 5.74) is 0. The molecule has 3 aliphatic rings. The SMILES string of the molecule is CCCCCCCC/C=C\CCCCCCCC(=O)NC(COC1OC(CO)C(OC2OC(CO)C(OC3OC(CO)C(O)C(O)C3O)C(O)C2O)C(O)C1O)C(O)CCCCCCCCCCCCCCCCCCCCCCCC. The van der Waals surface area contributed by atoms with Crippen molar-refractivity contribution in [3.63, 3.8) is 0 Å². The lowest BCUT2D eigenvalue weighted by atomic mass is 9.96. The molecule has 0 radical (unpaired) electrons. The van der Waals surface area contributed by atoms with E-state index < -0.39 is 124 Å². The number of aliphatic hydroxyl groups excluding tert-OH is 11. The third-order valence-corrected chi connectivity index (χ3v) is 16.8. The van der Waals surface area contributed by atoms with Gasteiger partial charge >= 0.3 is 0 Å². The van der Waals surface area contributed by atoms with Crippen LogP contribution in [0.2, 0.25) is 0 Å². The Bertz CT molecular complexity index is 1550. The smallest absolute Gasteiger partial charge is 0.220 e. The molecule has 0 aromatic heterocycles. The first-order chi connectivity index (χ1) is 39.8. The highest BCUT2D eigenvalue weighted by Crippen LogP contribution is 2.33. The Hall–Kier alpha value is -1.47. The normalized spacial score (nSPS) is 29.6. The van der Waals surface area contributed by atoms with Gasteiger partial charge in [0, 0.05) is 6.42 Å². The van der Waals surface area contributed by atoms with Crippen molar-refractivity contribution in [2.75, 3.05) is 26.4 Å². The Labute approximate surface area is 493 Å². The third kappa shape index (κ3) is 29.5. The summed E-state index contributed by atoms with van der Waals surface area (Å²) in [4.78, 5) is 13.4. The summed E-state index contributed by atoms with van der Waals surface area (Å²) < 4.78 is 34.4. The van der Waals surface area contributed by atoms with Crippen LogP contribution in [0.4, 0.5) is 0 Å². The van der Waals surface area contributed by atoms with Gasteiger partial charge in [0.25, 0.3) is 0 Å². The predicted octanol–water partition coefficient (Wildman–Crippen LogP) is 7.33. The molecule has 3 rings (SSSR count). The van der Waals surface area contributed by atoms with Gasteiger partial charge in [-0.2, -0.15) is 0 Å². The zero-order chi connectivity index (χ0) is 59.7. The van der Waals surface area contributed by atoms with Gasteiger partial charge in [-0.05, 0) is 38.5 Å². The number of nitrogens with one attached hydrogen (secondary N) is 1. The van der Waals surface area contributed by atoms with E-state index in [0.29, 0.717) is 12.8 Å². The lowest BCUT2D eigenvalue weighted by Crippen LogP contribution is -2.66. The molecule has 12 N–H and O–H groups in total. The second-order valence-corrected chi connectivity index (χ2v) is 23.9. The molecule has 3 aliphatic heterocycles. The fourth-order valence-corrected chi connectivity index (χ4v) is 11.4. The first-order valence-corrected chi connectivity index (χ1v) is 32.9. The molecule has 0 aromatic carbocycles. The number of hydrogen-bond acceptors (Lipinski definition) is 18. The number of amides is 1. The molecule has 3 heterocycles. The Morgan fingerprint density at radius 1 is 0.427 bits per heavy atom. The molecular weight excluding hydrogens is 1060 g/mol. The van der Waals surface area contributed by atoms with Crippen LogP contribution in [0.25, 0.3) is 0 Å². The van der Waals surface area contributed by atoms with Gasteiger partial charge in [0.15, 0.2) is 18.9 Å². The fraction of sp³-hybridized carbons (Fsp3) is 0.952. The topological polar surface area (TPSA) is 307 Å². The van der Waals surface area contributed by atoms with E-state index in [4.69, 9.17) is 28.4 Å². The van der Waals surface area contributed by atoms with Crippen LogP contribution in [0, 0.1) is 0 Å². The van der Waals surface area contributed by atoms with Gasteiger partial charge in [-0.15, -0.1) is 0 Å². The van der Waals surface area contributed by atoms with Gasteiger partial charge in [-0.3, -0.25) is 4.79 Å². The molecule has 19 nitrogen and oxygen atoms in total. The van der Waals surface area contributed by atoms with Crippen LogP contribution in [0.3, 0.4) is 0 Å². The first kappa shape index (κ1) is 74.8. The molecule has 0 aromatic rings. The quantitative estimate of drug-likeness (QED) is 0.0210. The number of allylic oxidation sites excluding steroid dienone is 2. The zero-order valence-electron chi connectivity index (χ0n) is 50.7. The van der Waals surface area contributed by atoms with Crippen LogP contribution in [0.15, 0.2) is 12.2 Å². The van der Waals surface area contributed by atoms with Crippen molar-refractivity contribution < 1.29 is 89.4 Å². The minimum absolute atomic E-state index is 0.249. The Balaban J connectivity index is 1.45.